The van der Waals surface area contributed by atoms with Crippen LogP contribution in [0, 0.1) is 0 Å². The Hall–Kier alpha value is -1.19. The van der Waals surface area contributed by atoms with Gasteiger partial charge in [0.25, 0.3) is 0 Å². The van der Waals surface area contributed by atoms with Gasteiger partial charge in [0.1, 0.15) is 24.6 Å². The van der Waals surface area contributed by atoms with Crippen molar-refractivity contribution >= 4 is 23.4 Å². The molecule has 2 nitrogen and oxygen atoms in total. The highest BCUT2D eigenvalue weighted by Crippen LogP contribution is 2.32. The summed E-state index contributed by atoms with van der Waals surface area (Å²) in [5.41, 5.74) is -0.180. The van der Waals surface area contributed by atoms with Crippen molar-refractivity contribution < 1.29 is 9.47 Å². The van der Waals surface area contributed by atoms with E-state index >= 15 is 0 Å². The van der Waals surface area contributed by atoms with Crippen LogP contribution in [0.15, 0.2) is 41.3 Å². The molecule has 1 saturated heterocycles. The zero-order valence-electron chi connectivity index (χ0n) is 13.1. The summed E-state index contributed by atoms with van der Waals surface area (Å²) in [6.45, 7) is 8.41. The molecule has 0 unspecified atom stereocenters. The molecule has 0 saturated carbocycles. The highest BCUT2D eigenvalue weighted by Gasteiger charge is 2.14. The quantitative estimate of drug-likeness (QED) is 0.603. The number of fused-ring (bicyclic) bond motifs is 1. The van der Waals surface area contributed by atoms with E-state index in [0.29, 0.717) is 0 Å². The van der Waals surface area contributed by atoms with E-state index in [1.54, 1.807) is 0 Å². The summed E-state index contributed by atoms with van der Waals surface area (Å²) < 4.78 is 10.0. The van der Waals surface area contributed by atoms with Crippen LogP contribution in [0.3, 0.4) is 0 Å². The molecular formula is C18H25O2S+. The zero-order valence-corrected chi connectivity index (χ0v) is 14.0. The first-order valence-electron chi connectivity index (χ1n) is 7.50. The Balaban J connectivity index is 0.000000272. The molecule has 0 atom stereocenters. The largest absolute Gasteiger partial charge is 0.488 e. The summed E-state index contributed by atoms with van der Waals surface area (Å²) in [5.74, 6) is 0.918. The summed E-state index contributed by atoms with van der Waals surface area (Å²) in [5, 5.41) is 2.25. The van der Waals surface area contributed by atoms with Gasteiger partial charge >= 0.3 is 0 Å². The number of aliphatic hydroxyl groups is 2. The Bertz CT molecular complexity index is 576. The van der Waals surface area contributed by atoms with Gasteiger partial charge < -0.3 is 9.47 Å². The highest BCUT2D eigenvalue weighted by molar-refractivity contribution is 7.80. The third-order valence-corrected chi connectivity index (χ3v) is 3.55. The smallest absolute Gasteiger partial charge is 0.145 e. The van der Waals surface area contributed by atoms with Crippen molar-refractivity contribution in [2.24, 2.45) is 0 Å². The second-order valence-electron chi connectivity index (χ2n) is 6.22. The average Bonchev–Trinajstić information content (AvgIpc) is 3.00. The van der Waals surface area contributed by atoms with Gasteiger partial charge in [0.15, 0.2) is 0 Å². The first kappa shape index (κ1) is 16.2. The molecule has 0 spiro atoms. The third kappa shape index (κ3) is 4.94. The Morgan fingerprint density at radius 2 is 1.57 bits per heavy atom. The van der Waals surface area contributed by atoms with E-state index in [1.165, 1.54) is 12.8 Å². The van der Waals surface area contributed by atoms with Crippen LogP contribution in [0.2, 0.25) is 0 Å². The molecule has 3 heteroatoms. The standard InChI is InChI=1S/C14H16OS.C4H8O/c1-14(2,3)15-12-8-9-13(16)11-7-5-4-6-10(11)12;1-2-4-5-3-1/h4-9,16H,1-3H3;1-4H2/p+1. The molecule has 1 N–H and O–H groups in total. The van der Waals surface area contributed by atoms with Gasteiger partial charge in [-0.25, -0.2) is 0 Å². The number of thiol groups is 1. The fourth-order valence-corrected chi connectivity index (χ4v) is 2.50. The Morgan fingerprint density at radius 1 is 0.952 bits per heavy atom. The van der Waals surface area contributed by atoms with Crippen molar-refractivity contribution in [3.63, 3.8) is 0 Å². The molecule has 3 rings (SSSR count). The highest BCUT2D eigenvalue weighted by atomic mass is 32.1. The van der Waals surface area contributed by atoms with Crippen LogP contribution in [0.4, 0.5) is 0 Å². The molecule has 2 aromatic rings. The topological polar surface area (TPSA) is 22.0 Å². The lowest BCUT2D eigenvalue weighted by Crippen LogP contribution is -2.23. The second kappa shape index (κ2) is 7.19. The number of ether oxygens (including phenoxy) is 2. The molecule has 0 aliphatic carbocycles. The van der Waals surface area contributed by atoms with E-state index < -0.39 is 0 Å². The van der Waals surface area contributed by atoms with Gasteiger partial charge in [-0.1, -0.05) is 24.3 Å². The first-order valence-corrected chi connectivity index (χ1v) is 7.95. The van der Waals surface area contributed by atoms with Crippen LogP contribution in [-0.4, -0.2) is 23.6 Å². The number of rotatable bonds is 1. The molecule has 1 aliphatic heterocycles. The van der Waals surface area contributed by atoms with Gasteiger partial charge in [0.05, 0.1) is 0 Å². The molecule has 1 fully saturated rings. The van der Waals surface area contributed by atoms with Crippen molar-refractivity contribution in [2.45, 2.75) is 44.1 Å². The molecule has 0 bridgehead atoms. The molecule has 0 aromatic heterocycles. The summed E-state index contributed by atoms with van der Waals surface area (Å²) in [7, 11) is 0. The summed E-state index contributed by atoms with van der Waals surface area (Å²) in [6.07, 6.45) is 2.67. The van der Waals surface area contributed by atoms with Gasteiger partial charge in [-0.05, 0) is 38.3 Å². The first-order chi connectivity index (χ1) is 9.97. The molecule has 114 valence electrons. The number of hydrogen-bond donors (Lipinski definition) is 1. The molecule has 1 heterocycles. The predicted molar refractivity (Wildman–Crippen MR) is 92.8 cm³/mol. The monoisotopic (exact) mass is 305 g/mol. The lowest BCUT2D eigenvalue weighted by atomic mass is 10.1. The van der Waals surface area contributed by atoms with Crippen molar-refractivity contribution in [2.75, 3.05) is 13.2 Å². The molecule has 1 aliphatic rings. The number of hydrogen-bond acceptors (Lipinski definition) is 2. The minimum Gasteiger partial charge on any atom is -0.488 e. The van der Waals surface area contributed by atoms with E-state index in [-0.39, 0.29) is 5.60 Å². The van der Waals surface area contributed by atoms with E-state index in [9.17, 15) is 0 Å². The van der Waals surface area contributed by atoms with Gasteiger partial charge in [-0.3, -0.25) is 0 Å². The van der Waals surface area contributed by atoms with Crippen molar-refractivity contribution in [3.05, 3.63) is 36.4 Å². The van der Waals surface area contributed by atoms with E-state index in [0.717, 1.165) is 34.6 Å². The Morgan fingerprint density at radius 3 is 2.10 bits per heavy atom. The summed E-state index contributed by atoms with van der Waals surface area (Å²) in [4.78, 5) is 0.983. The summed E-state index contributed by atoms with van der Waals surface area (Å²) in [6, 6.07) is 12.1. The van der Waals surface area contributed by atoms with E-state index in [1.807, 2.05) is 24.3 Å². The average molecular weight is 305 g/mol. The second-order valence-corrected chi connectivity index (χ2v) is 6.70. The van der Waals surface area contributed by atoms with Crippen LogP contribution in [-0.2, 0) is 0 Å². The fourth-order valence-electron chi connectivity index (χ4n) is 2.23. The Kier molecular flexibility index (Phi) is 5.54. The van der Waals surface area contributed by atoms with Crippen LogP contribution in [0.5, 0.6) is 5.75 Å². The molecule has 2 aromatic carbocycles. The van der Waals surface area contributed by atoms with Gasteiger partial charge in [0.2, 0.25) is 0 Å². The van der Waals surface area contributed by atoms with Crippen LogP contribution < -0.4 is 4.74 Å². The van der Waals surface area contributed by atoms with Crippen LogP contribution in [0.1, 0.15) is 33.6 Å². The van der Waals surface area contributed by atoms with Crippen LogP contribution in [0.25, 0.3) is 10.8 Å². The number of benzene rings is 2. The third-order valence-electron chi connectivity index (χ3n) is 3.16. The maximum Gasteiger partial charge on any atom is 0.145 e. The lowest BCUT2D eigenvalue weighted by Gasteiger charge is -2.22. The lowest BCUT2D eigenvalue weighted by molar-refractivity contribution is 0.0102. The minimum absolute atomic E-state index is 0.180. The molecule has 0 radical (unpaired) electrons. The maximum absolute atomic E-state index is 5.94. The molecule has 21 heavy (non-hydrogen) atoms. The van der Waals surface area contributed by atoms with E-state index in [2.05, 4.69) is 50.3 Å². The Labute approximate surface area is 132 Å². The fraction of sp³-hybridized carbons (Fsp3) is 0.444. The summed E-state index contributed by atoms with van der Waals surface area (Å²) >= 11 is 4.45. The predicted octanol–water partition coefficient (Wildman–Crippen LogP) is 4.61. The van der Waals surface area contributed by atoms with Crippen molar-refractivity contribution in [3.8, 4) is 5.75 Å². The van der Waals surface area contributed by atoms with Gasteiger partial charge in [-0.2, -0.15) is 0 Å². The zero-order chi connectivity index (χ0) is 15.3. The van der Waals surface area contributed by atoms with Crippen molar-refractivity contribution in [1.82, 2.24) is 0 Å². The van der Waals surface area contributed by atoms with Crippen LogP contribution >= 0.6 is 12.6 Å². The molecule has 0 amide bonds. The maximum atomic E-state index is 5.94. The normalized spacial score (nSPS) is 14.7. The van der Waals surface area contributed by atoms with Gasteiger partial charge in [-0.15, -0.1) is 12.6 Å². The van der Waals surface area contributed by atoms with Crippen molar-refractivity contribution in [1.29, 1.82) is 0 Å². The minimum atomic E-state index is -0.180. The van der Waals surface area contributed by atoms with E-state index in [4.69, 9.17) is 4.74 Å². The SMILES string of the molecule is C1CC[OH+]C1.CC(C)(C)Oc1ccc(S)c2ccccc12. The molecular weight excluding hydrogens is 280 g/mol. The van der Waals surface area contributed by atoms with Gasteiger partial charge in [0, 0.05) is 23.1 Å².